The Bertz CT molecular complexity index is 204. The van der Waals surface area contributed by atoms with Gasteiger partial charge in [-0.15, -0.1) is 0 Å². The molecule has 0 bridgehead atoms. The number of aliphatic carboxylic acids is 1. The summed E-state index contributed by atoms with van der Waals surface area (Å²) in [4.78, 5) is 30.7. The Morgan fingerprint density at radius 1 is 1.36 bits per heavy atom. The third-order valence-electron chi connectivity index (χ3n) is 1.36. The third-order valence-corrected chi connectivity index (χ3v) is 1.36. The van der Waals surface area contributed by atoms with E-state index in [4.69, 9.17) is 5.11 Å². The van der Waals surface area contributed by atoms with Gasteiger partial charge in [0, 0.05) is 12.8 Å². The van der Waals surface area contributed by atoms with Gasteiger partial charge in [0.2, 0.25) is 6.41 Å². The van der Waals surface area contributed by atoms with Crippen LogP contribution in [0.4, 0.5) is 0 Å². The molecule has 0 rings (SSSR count). The molecular weight excluding hydrogens is 190 g/mol. The average molecular weight is 203 g/mol. The molecule has 0 atom stereocenters. The largest absolute Gasteiger partial charge is 0.481 e. The number of nitrogens with one attached hydrogen (secondary N) is 1. The number of carboxylic acid groups (broad SMARTS) is 1. The Hall–Kier alpha value is -1.59. The Balaban J connectivity index is 3.28. The van der Waals surface area contributed by atoms with Gasteiger partial charge in [-0.1, -0.05) is 0 Å². The fourth-order valence-electron chi connectivity index (χ4n) is 0.739. The Morgan fingerprint density at radius 3 is 2.64 bits per heavy atom. The summed E-state index contributed by atoms with van der Waals surface area (Å²) >= 11 is 0. The number of amides is 1. The van der Waals surface area contributed by atoms with Crippen molar-refractivity contribution in [1.29, 1.82) is 0 Å². The average Bonchev–Trinajstić information content (AvgIpc) is 2.12. The molecule has 0 aliphatic carbocycles. The monoisotopic (exact) mass is 203 g/mol. The maximum absolute atomic E-state index is 10.9. The fraction of sp³-hybridized carbons (Fsp3) is 0.625. The van der Waals surface area contributed by atoms with Gasteiger partial charge in [-0.3, -0.25) is 14.4 Å². The number of carbonyl (C=O) groups is 3. The second kappa shape index (κ2) is 8.03. The van der Waals surface area contributed by atoms with Crippen LogP contribution in [-0.4, -0.2) is 36.6 Å². The van der Waals surface area contributed by atoms with E-state index in [1.54, 1.807) is 0 Å². The van der Waals surface area contributed by atoms with E-state index in [0.29, 0.717) is 6.41 Å². The number of carboxylic acids is 1. The zero-order valence-electron chi connectivity index (χ0n) is 7.69. The molecular formula is C8H13NO5. The van der Waals surface area contributed by atoms with Gasteiger partial charge in [-0.2, -0.15) is 0 Å². The van der Waals surface area contributed by atoms with Crippen molar-refractivity contribution in [3.8, 4) is 0 Å². The second-order valence-electron chi connectivity index (χ2n) is 2.54. The van der Waals surface area contributed by atoms with Gasteiger partial charge < -0.3 is 15.2 Å². The van der Waals surface area contributed by atoms with Crippen LogP contribution in [0.1, 0.15) is 19.3 Å². The summed E-state index contributed by atoms with van der Waals surface area (Å²) in [6.45, 7) is 0.388. The lowest BCUT2D eigenvalue weighted by molar-refractivity contribution is -0.144. The molecule has 80 valence electrons. The fourth-order valence-corrected chi connectivity index (χ4v) is 0.739. The third kappa shape index (κ3) is 8.51. The minimum Gasteiger partial charge on any atom is -0.481 e. The number of hydrogen-bond acceptors (Lipinski definition) is 4. The quantitative estimate of drug-likeness (QED) is 0.316. The van der Waals surface area contributed by atoms with Gasteiger partial charge >= 0.3 is 11.9 Å². The summed E-state index contributed by atoms with van der Waals surface area (Å²) in [5.74, 6) is -1.38. The van der Waals surface area contributed by atoms with Crippen molar-refractivity contribution in [2.45, 2.75) is 19.3 Å². The van der Waals surface area contributed by atoms with Gasteiger partial charge in [0.1, 0.15) is 6.61 Å². The molecule has 0 aromatic heterocycles. The second-order valence-corrected chi connectivity index (χ2v) is 2.54. The predicted molar refractivity (Wildman–Crippen MR) is 46.5 cm³/mol. The van der Waals surface area contributed by atoms with E-state index in [9.17, 15) is 14.4 Å². The minimum atomic E-state index is -0.930. The smallest absolute Gasteiger partial charge is 0.305 e. The zero-order valence-corrected chi connectivity index (χ0v) is 7.69. The van der Waals surface area contributed by atoms with Crippen molar-refractivity contribution in [1.82, 2.24) is 5.32 Å². The summed E-state index contributed by atoms with van der Waals surface area (Å²) in [5.41, 5.74) is 0. The summed E-state index contributed by atoms with van der Waals surface area (Å²) < 4.78 is 4.67. The lowest BCUT2D eigenvalue weighted by Gasteiger charge is -2.02. The molecule has 0 saturated carbocycles. The van der Waals surface area contributed by atoms with Crippen LogP contribution in [0, 0.1) is 0 Å². The van der Waals surface area contributed by atoms with Gasteiger partial charge in [0.15, 0.2) is 0 Å². The standard InChI is InChI=1S/C8H13NO5/c10-6-9-4-5-14-8(13)3-1-2-7(11)12/h6H,1-5H2,(H,9,10)(H,11,12). The highest BCUT2D eigenvalue weighted by molar-refractivity contribution is 5.71. The topological polar surface area (TPSA) is 92.7 Å². The van der Waals surface area contributed by atoms with Gasteiger partial charge in [0.05, 0.1) is 6.54 Å². The SMILES string of the molecule is O=CNCCOC(=O)CCCC(=O)O. The molecule has 6 heteroatoms. The van der Waals surface area contributed by atoms with Crippen LogP contribution in [0.25, 0.3) is 0 Å². The molecule has 0 aliphatic rings. The van der Waals surface area contributed by atoms with Gasteiger partial charge in [-0.05, 0) is 6.42 Å². The molecule has 14 heavy (non-hydrogen) atoms. The van der Waals surface area contributed by atoms with Crippen LogP contribution in [0.5, 0.6) is 0 Å². The molecule has 6 nitrogen and oxygen atoms in total. The Labute approximate surface area is 81.2 Å². The van der Waals surface area contributed by atoms with Gasteiger partial charge in [-0.25, -0.2) is 0 Å². The molecule has 0 aromatic carbocycles. The van der Waals surface area contributed by atoms with E-state index in [2.05, 4.69) is 10.1 Å². The van der Waals surface area contributed by atoms with Crippen molar-refractivity contribution in [2.24, 2.45) is 0 Å². The number of ether oxygens (including phenoxy) is 1. The molecule has 0 aliphatic heterocycles. The first-order chi connectivity index (χ1) is 6.66. The van der Waals surface area contributed by atoms with Crippen LogP contribution in [-0.2, 0) is 19.1 Å². The molecule has 1 amide bonds. The van der Waals surface area contributed by atoms with Crippen LogP contribution in [0.2, 0.25) is 0 Å². The first-order valence-electron chi connectivity index (χ1n) is 4.21. The van der Waals surface area contributed by atoms with Crippen LogP contribution in [0.3, 0.4) is 0 Å². The van der Waals surface area contributed by atoms with E-state index >= 15 is 0 Å². The van der Waals surface area contributed by atoms with Crippen LogP contribution >= 0.6 is 0 Å². The first-order valence-corrected chi connectivity index (χ1v) is 4.21. The molecule has 0 fully saturated rings. The number of carbonyl (C=O) groups excluding carboxylic acids is 2. The molecule has 2 N–H and O–H groups in total. The Morgan fingerprint density at radius 2 is 2.07 bits per heavy atom. The van der Waals surface area contributed by atoms with Crippen molar-refractivity contribution in [2.75, 3.05) is 13.2 Å². The Kier molecular flexibility index (Phi) is 7.12. The number of rotatable bonds is 8. The van der Waals surface area contributed by atoms with E-state index in [0.717, 1.165) is 0 Å². The normalized spacial score (nSPS) is 9.14. The lowest BCUT2D eigenvalue weighted by atomic mass is 10.2. The molecule has 0 spiro atoms. The van der Waals surface area contributed by atoms with E-state index < -0.39 is 11.9 Å². The molecule has 0 saturated heterocycles. The zero-order chi connectivity index (χ0) is 10.8. The highest BCUT2D eigenvalue weighted by atomic mass is 16.5. The van der Waals surface area contributed by atoms with Crippen molar-refractivity contribution < 1.29 is 24.2 Å². The maximum Gasteiger partial charge on any atom is 0.305 e. The summed E-state index contributed by atoms with van der Waals surface area (Å²) in [5, 5.41) is 10.6. The van der Waals surface area contributed by atoms with E-state index in [1.165, 1.54) is 0 Å². The lowest BCUT2D eigenvalue weighted by Crippen LogP contribution is -2.19. The summed E-state index contributed by atoms with van der Waals surface area (Å²) in [6.07, 6.45) is 0.836. The highest BCUT2D eigenvalue weighted by Gasteiger charge is 2.04. The van der Waals surface area contributed by atoms with Gasteiger partial charge in [0.25, 0.3) is 0 Å². The van der Waals surface area contributed by atoms with Crippen molar-refractivity contribution in [3.05, 3.63) is 0 Å². The highest BCUT2D eigenvalue weighted by Crippen LogP contribution is 1.97. The number of esters is 1. The molecule has 0 heterocycles. The minimum absolute atomic E-state index is 0.0400. The summed E-state index contributed by atoms with van der Waals surface area (Å²) in [6, 6.07) is 0. The molecule has 0 unspecified atom stereocenters. The van der Waals surface area contributed by atoms with Crippen molar-refractivity contribution >= 4 is 18.3 Å². The maximum atomic E-state index is 10.9. The van der Waals surface area contributed by atoms with Crippen molar-refractivity contribution in [3.63, 3.8) is 0 Å². The van der Waals surface area contributed by atoms with E-state index in [-0.39, 0.29) is 32.4 Å². The first kappa shape index (κ1) is 12.4. The predicted octanol–water partition coefficient (Wildman–Crippen LogP) is -0.470. The van der Waals surface area contributed by atoms with E-state index in [1.807, 2.05) is 0 Å². The molecule has 0 aromatic rings. The summed E-state index contributed by atoms with van der Waals surface area (Å²) in [7, 11) is 0. The van der Waals surface area contributed by atoms with Crippen LogP contribution in [0.15, 0.2) is 0 Å². The molecule has 0 radical (unpaired) electrons. The number of hydrogen-bond donors (Lipinski definition) is 2. The van der Waals surface area contributed by atoms with Crippen LogP contribution < -0.4 is 5.32 Å².